The fourth-order valence-electron chi connectivity index (χ4n) is 1.42. The molecule has 0 fully saturated rings. The number of aliphatic hydroxyl groups is 1. The summed E-state index contributed by atoms with van der Waals surface area (Å²) in [5.74, 6) is -0.270. The molecule has 0 spiro atoms. The van der Waals surface area contributed by atoms with Crippen LogP contribution in [0.4, 0.5) is 0 Å². The first kappa shape index (κ1) is 15.2. The highest BCUT2D eigenvalue weighted by molar-refractivity contribution is 5.94. The summed E-state index contributed by atoms with van der Waals surface area (Å²) in [6, 6.07) is 8.86. The quantitative estimate of drug-likeness (QED) is 0.673. The van der Waals surface area contributed by atoms with Crippen molar-refractivity contribution in [2.45, 2.75) is 13.3 Å². The lowest BCUT2D eigenvalue weighted by atomic mass is 10.2. The Morgan fingerprint density at radius 3 is 2.53 bits per heavy atom. The van der Waals surface area contributed by atoms with Gasteiger partial charge in [0.1, 0.15) is 0 Å². The van der Waals surface area contributed by atoms with Crippen molar-refractivity contribution in [3.8, 4) is 0 Å². The number of rotatable bonds is 7. The average molecular weight is 264 g/mol. The van der Waals surface area contributed by atoms with Gasteiger partial charge in [-0.1, -0.05) is 25.1 Å². The summed E-state index contributed by atoms with van der Waals surface area (Å²) in [5.41, 5.74) is 0.580. The summed E-state index contributed by atoms with van der Waals surface area (Å²) >= 11 is 0. The molecular formula is C14H20N2O3. The largest absolute Gasteiger partial charge is 0.396 e. The summed E-state index contributed by atoms with van der Waals surface area (Å²) < 4.78 is 0. The molecule has 0 radical (unpaired) electrons. The first-order valence-electron chi connectivity index (χ1n) is 6.34. The smallest absolute Gasteiger partial charge is 0.251 e. The topological polar surface area (TPSA) is 78.4 Å². The maximum absolute atomic E-state index is 11.7. The van der Waals surface area contributed by atoms with Gasteiger partial charge >= 0.3 is 0 Å². The second-order valence-corrected chi connectivity index (χ2v) is 4.46. The zero-order valence-electron chi connectivity index (χ0n) is 11.1. The van der Waals surface area contributed by atoms with Gasteiger partial charge in [-0.15, -0.1) is 0 Å². The molecule has 0 heterocycles. The van der Waals surface area contributed by atoms with Crippen molar-refractivity contribution >= 4 is 11.8 Å². The third-order valence-corrected chi connectivity index (χ3v) is 2.63. The van der Waals surface area contributed by atoms with E-state index in [9.17, 15) is 9.59 Å². The van der Waals surface area contributed by atoms with Gasteiger partial charge in [-0.05, 0) is 18.1 Å². The minimum atomic E-state index is -0.183. The second-order valence-electron chi connectivity index (χ2n) is 4.46. The Kier molecular flexibility index (Phi) is 6.60. The molecule has 19 heavy (non-hydrogen) atoms. The summed E-state index contributed by atoms with van der Waals surface area (Å²) in [6.07, 6.45) is 0.233. The molecule has 0 aliphatic heterocycles. The van der Waals surface area contributed by atoms with Crippen LogP contribution >= 0.6 is 0 Å². The van der Waals surface area contributed by atoms with E-state index in [1.807, 2.05) is 13.0 Å². The van der Waals surface area contributed by atoms with Crippen LogP contribution in [0.15, 0.2) is 30.3 Å². The van der Waals surface area contributed by atoms with Crippen molar-refractivity contribution in [1.82, 2.24) is 10.6 Å². The molecule has 0 aromatic heterocycles. The lowest BCUT2D eigenvalue weighted by Gasteiger charge is -2.10. The van der Waals surface area contributed by atoms with E-state index < -0.39 is 0 Å². The molecule has 3 N–H and O–H groups in total. The molecule has 1 atom stereocenters. The van der Waals surface area contributed by atoms with E-state index in [-0.39, 0.29) is 30.8 Å². The molecule has 0 aliphatic carbocycles. The molecule has 5 nitrogen and oxygen atoms in total. The Bertz CT molecular complexity index is 406. The number of carbonyl (C=O) groups excluding carboxylic acids is 2. The highest BCUT2D eigenvalue weighted by atomic mass is 16.3. The summed E-state index contributed by atoms with van der Waals surface area (Å²) in [4.78, 5) is 23.1. The summed E-state index contributed by atoms with van der Waals surface area (Å²) in [5, 5.41) is 14.2. The van der Waals surface area contributed by atoms with Gasteiger partial charge < -0.3 is 15.7 Å². The second kappa shape index (κ2) is 8.26. The number of hydrogen-bond donors (Lipinski definition) is 3. The van der Waals surface area contributed by atoms with Crippen molar-refractivity contribution < 1.29 is 14.7 Å². The molecule has 0 saturated heterocycles. The van der Waals surface area contributed by atoms with E-state index >= 15 is 0 Å². The third kappa shape index (κ3) is 6.01. The molecule has 1 aromatic rings. The summed E-state index contributed by atoms with van der Waals surface area (Å²) in [6.45, 7) is 2.64. The van der Waals surface area contributed by atoms with Gasteiger partial charge in [0.25, 0.3) is 5.91 Å². The monoisotopic (exact) mass is 264 g/mol. The molecule has 0 bridgehead atoms. The standard InChI is InChI=1S/C14H20N2O3/c1-11(10-17)9-16-13(18)7-8-15-14(19)12-5-3-2-4-6-12/h2-6,11,17H,7-10H2,1H3,(H,15,19)(H,16,18). The van der Waals surface area contributed by atoms with Crippen LogP contribution in [0.5, 0.6) is 0 Å². The SMILES string of the molecule is CC(CO)CNC(=O)CCNC(=O)c1ccccc1. The number of hydrogen-bond acceptors (Lipinski definition) is 3. The van der Waals surface area contributed by atoms with Crippen molar-refractivity contribution in [2.75, 3.05) is 19.7 Å². The van der Waals surface area contributed by atoms with Gasteiger partial charge in [0, 0.05) is 31.7 Å². The van der Waals surface area contributed by atoms with Crippen molar-refractivity contribution in [3.05, 3.63) is 35.9 Å². The third-order valence-electron chi connectivity index (χ3n) is 2.63. The van der Waals surface area contributed by atoms with Gasteiger partial charge in [0.15, 0.2) is 0 Å². The van der Waals surface area contributed by atoms with Crippen LogP contribution in [0.2, 0.25) is 0 Å². The first-order valence-corrected chi connectivity index (χ1v) is 6.34. The highest BCUT2D eigenvalue weighted by Crippen LogP contribution is 1.97. The van der Waals surface area contributed by atoms with E-state index in [1.165, 1.54) is 0 Å². The fourth-order valence-corrected chi connectivity index (χ4v) is 1.42. The lowest BCUT2D eigenvalue weighted by molar-refractivity contribution is -0.121. The molecule has 2 amide bonds. The zero-order chi connectivity index (χ0) is 14.1. The maximum Gasteiger partial charge on any atom is 0.251 e. The van der Waals surface area contributed by atoms with Crippen LogP contribution in [0.1, 0.15) is 23.7 Å². The van der Waals surface area contributed by atoms with E-state index in [1.54, 1.807) is 24.3 Å². The Hall–Kier alpha value is -1.88. The number of amides is 2. The Labute approximate surface area is 113 Å². The van der Waals surface area contributed by atoms with E-state index in [2.05, 4.69) is 10.6 Å². The first-order chi connectivity index (χ1) is 9.13. The number of aliphatic hydroxyl groups excluding tert-OH is 1. The normalized spacial score (nSPS) is 11.7. The Morgan fingerprint density at radius 1 is 1.21 bits per heavy atom. The molecule has 1 aromatic carbocycles. The van der Waals surface area contributed by atoms with E-state index in [4.69, 9.17) is 5.11 Å². The van der Waals surface area contributed by atoms with Gasteiger partial charge in [0.05, 0.1) is 0 Å². The van der Waals surface area contributed by atoms with Gasteiger partial charge in [0.2, 0.25) is 5.91 Å². The van der Waals surface area contributed by atoms with Crippen LogP contribution in [0.25, 0.3) is 0 Å². The molecule has 1 unspecified atom stereocenters. The highest BCUT2D eigenvalue weighted by Gasteiger charge is 2.07. The summed E-state index contributed by atoms with van der Waals surface area (Å²) in [7, 11) is 0. The predicted octanol–water partition coefficient (Wildman–Crippen LogP) is 0.551. The van der Waals surface area contributed by atoms with Crippen molar-refractivity contribution in [1.29, 1.82) is 0 Å². The zero-order valence-corrected chi connectivity index (χ0v) is 11.1. The van der Waals surface area contributed by atoms with Crippen LogP contribution in [-0.2, 0) is 4.79 Å². The number of benzene rings is 1. The van der Waals surface area contributed by atoms with E-state index in [0.29, 0.717) is 18.7 Å². The van der Waals surface area contributed by atoms with Gasteiger partial charge in [-0.25, -0.2) is 0 Å². The maximum atomic E-state index is 11.7. The van der Waals surface area contributed by atoms with Crippen molar-refractivity contribution in [2.24, 2.45) is 5.92 Å². The molecule has 0 saturated carbocycles. The number of carbonyl (C=O) groups is 2. The average Bonchev–Trinajstić information content (AvgIpc) is 2.45. The van der Waals surface area contributed by atoms with Crippen LogP contribution in [0, 0.1) is 5.92 Å². The minimum Gasteiger partial charge on any atom is -0.396 e. The van der Waals surface area contributed by atoms with Crippen LogP contribution in [0.3, 0.4) is 0 Å². The molecule has 0 aliphatic rings. The fraction of sp³-hybridized carbons (Fsp3) is 0.429. The minimum absolute atomic E-state index is 0.0443. The lowest BCUT2D eigenvalue weighted by Crippen LogP contribution is -2.33. The Morgan fingerprint density at radius 2 is 1.89 bits per heavy atom. The Balaban J connectivity index is 2.20. The van der Waals surface area contributed by atoms with Gasteiger partial charge in [-0.3, -0.25) is 9.59 Å². The van der Waals surface area contributed by atoms with E-state index in [0.717, 1.165) is 0 Å². The number of nitrogens with one attached hydrogen (secondary N) is 2. The van der Waals surface area contributed by atoms with Gasteiger partial charge in [-0.2, -0.15) is 0 Å². The van der Waals surface area contributed by atoms with Crippen LogP contribution < -0.4 is 10.6 Å². The molecule has 1 rings (SSSR count). The molecular weight excluding hydrogens is 244 g/mol. The molecule has 104 valence electrons. The predicted molar refractivity (Wildman–Crippen MR) is 72.7 cm³/mol. The van der Waals surface area contributed by atoms with Crippen LogP contribution in [-0.4, -0.2) is 36.6 Å². The van der Waals surface area contributed by atoms with Crippen molar-refractivity contribution in [3.63, 3.8) is 0 Å². The molecule has 5 heteroatoms.